The van der Waals surface area contributed by atoms with Crippen LogP contribution in [0.15, 0.2) is 18.3 Å². The third-order valence-electron chi connectivity index (χ3n) is 2.64. The number of pyridine rings is 1. The number of hydrogen-bond donors (Lipinski definition) is 1. The molecule has 0 saturated carbocycles. The zero-order valence-electron chi connectivity index (χ0n) is 10.0. The molecule has 0 spiro atoms. The van der Waals surface area contributed by atoms with Gasteiger partial charge in [0, 0.05) is 19.3 Å². The molecule has 5 heteroatoms. The Morgan fingerprint density at radius 3 is 2.94 bits per heavy atom. The molecule has 92 valence electrons. The van der Waals surface area contributed by atoms with Crippen molar-refractivity contribution in [3.05, 3.63) is 23.9 Å². The van der Waals surface area contributed by atoms with Crippen LogP contribution < -0.4 is 4.90 Å². The van der Waals surface area contributed by atoms with Crippen LogP contribution in [0.1, 0.15) is 24.2 Å². The fourth-order valence-corrected chi connectivity index (χ4v) is 1.94. The number of β-amino-alcohol motifs (C(OH)–C–C–N with tert-alkyl or cyclic N) is 1. The maximum Gasteiger partial charge on any atom is 0.341 e. The molecule has 0 bridgehead atoms. The van der Waals surface area contributed by atoms with E-state index in [-0.39, 0.29) is 5.97 Å². The molecule has 0 aromatic carbocycles. The van der Waals surface area contributed by atoms with Gasteiger partial charge in [-0.25, -0.2) is 9.78 Å². The lowest BCUT2D eigenvalue weighted by Gasteiger charge is -2.45. The van der Waals surface area contributed by atoms with Crippen molar-refractivity contribution < 1.29 is 14.6 Å². The SMILES string of the molecule is CCOC(=O)c1cccnc1N1CC(C)(O)C1. The van der Waals surface area contributed by atoms with Crippen LogP contribution in [0.5, 0.6) is 0 Å². The smallest absolute Gasteiger partial charge is 0.341 e. The highest BCUT2D eigenvalue weighted by atomic mass is 16.5. The summed E-state index contributed by atoms with van der Waals surface area (Å²) in [7, 11) is 0. The number of carbonyl (C=O) groups is 1. The van der Waals surface area contributed by atoms with Gasteiger partial charge in [-0.15, -0.1) is 0 Å². The van der Waals surface area contributed by atoms with Crippen LogP contribution in [-0.4, -0.2) is 41.4 Å². The van der Waals surface area contributed by atoms with Crippen LogP contribution in [0, 0.1) is 0 Å². The summed E-state index contributed by atoms with van der Waals surface area (Å²) in [5, 5.41) is 9.69. The summed E-state index contributed by atoms with van der Waals surface area (Å²) < 4.78 is 4.97. The molecule has 0 aliphatic carbocycles. The molecular weight excluding hydrogens is 220 g/mol. The summed E-state index contributed by atoms with van der Waals surface area (Å²) in [6.45, 7) is 4.83. The lowest BCUT2D eigenvalue weighted by molar-refractivity contribution is 0.0298. The molecule has 1 N–H and O–H groups in total. The highest BCUT2D eigenvalue weighted by Gasteiger charge is 2.38. The van der Waals surface area contributed by atoms with E-state index in [1.54, 1.807) is 32.2 Å². The highest BCUT2D eigenvalue weighted by Crippen LogP contribution is 2.28. The molecular formula is C12H16N2O3. The van der Waals surface area contributed by atoms with E-state index in [9.17, 15) is 9.90 Å². The first kappa shape index (κ1) is 11.9. The van der Waals surface area contributed by atoms with E-state index in [4.69, 9.17) is 4.74 Å². The van der Waals surface area contributed by atoms with Gasteiger partial charge in [-0.05, 0) is 26.0 Å². The molecule has 2 heterocycles. The molecule has 0 atom stereocenters. The standard InChI is InChI=1S/C12H16N2O3/c1-3-17-11(15)9-5-4-6-13-10(9)14-7-12(2,16)8-14/h4-6,16H,3,7-8H2,1-2H3. The predicted molar refractivity (Wildman–Crippen MR) is 63.0 cm³/mol. The number of aliphatic hydroxyl groups is 1. The molecule has 1 fully saturated rings. The Morgan fingerprint density at radius 1 is 1.65 bits per heavy atom. The first-order valence-corrected chi connectivity index (χ1v) is 5.63. The first-order valence-electron chi connectivity index (χ1n) is 5.63. The molecule has 1 aromatic rings. The van der Waals surface area contributed by atoms with Crippen molar-refractivity contribution in [3.8, 4) is 0 Å². The van der Waals surface area contributed by atoms with Gasteiger partial charge in [-0.1, -0.05) is 0 Å². The molecule has 1 aromatic heterocycles. The van der Waals surface area contributed by atoms with Crippen molar-refractivity contribution in [1.29, 1.82) is 0 Å². The number of rotatable bonds is 3. The maximum atomic E-state index is 11.7. The molecule has 0 amide bonds. The van der Waals surface area contributed by atoms with E-state index >= 15 is 0 Å². The Kier molecular flexibility index (Phi) is 3.02. The van der Waals surface area contributed by atoms with Gasteiger partial charge in [-0.3, -0.25) is 0 Å². The summed E-state index contributed by atoms with van der Waals surface area (Å²) in [4.78, 5) is 17.8. The lowest BCUT2D eigenvalue weighted by Crippen LogP contribution is -2.60. The second-order valence-electron chi connectivity index (χ2n) is 4.45. The van der Waals surface area contributed by atoms with Gasteiger partial charge < -0.3 is 14.7 Å². The summed E-state index contributed by atoms with van der Waals surface area (Å²) in [5.74, 6) is 0.208. The van der Waals surface area contributed by atoms with Gasteiger partial charge in [-0.2, -0.15) is 0 Å². The predicted octanol–water partition coefficient (Wildman–Crippen LogP) is 0.829. The Morgan fingerprint density at radius 2 is 2.35 bits per heavy atom. The van der Waals surface area contributed by atoms with E-state index in [1.807, 2.05) is 4.90 Å². The lowest BCUT2D eigenvalue weighted by atomic mass is 9.96. The minimum Gasteiger partial charge on any atom is -0.462 e. The molecule has 1 saturated heterocycles. The number of anilines is 1. The maximum absolute atomic E-state index is 11.7. The average Bonchev–Trinajstić information content (AvgIpc) is 2.26. The van der Waals surface area contributed by atoms with Crippen LogP contribution in [0.4, 0.5) is 5.82 Å². The quantitative estimate of drug-likeness (QED) is 0.787. The molecule has 5 nitrogen and oxygen atoms in total. The monoisotopic (exact) mass is 236 g/mol. The minimum atomic E-state index is -0.691. The Bertz CT molecular complexity index is 424. The Hall–Kier alpha value is -1.62. The topological polar surface area (TPSA) is 62.7 Å². The number of carbonyl (C=O) groups excluding carboxylic acids is 1. The van der Waals surface area contributed by atoms with E-state index in [0.717, 1.165) is 0 Å². The van der Waals surface area contributed by atoms with Crippen molar-refractivity contribution in [2.24, 2.45) is 0 Å². The number of hydrogen-bond acceptors (Lipinski definition) is 5. The normalized spacial score (nSPS) is 17.5. The van der Waals surface area contributed by atoms with Crippen molar-refractivity contribution in [3.63, 3.8) is 0 Å². The molecule has 17 heavy (non-hydrogen) atoms. The minimum absolute atomic E-state index is 0.338. The van der Waals surface area contributed by atoms with Crippen molar-refractivity contribution in [2.75, 3.05) is 24.6 Å². The summed E-state index contributed by atoms with van der Waals surface area (Å²) in [6.07, 6.45) is 1.63. The summed E-state index contributed by atoms with van der Waals surface area (Å²) in [6, 6.07) is 3.39. The number of ether oxygens (including phenoxy) is 1. The fraction of sp³-hybridized carbons (Fsp3) is 0.500. The number of aromatic nitrogens is 1. The third-order valence-corrected chi connectivity index (χ3v) is 2.64. The molecule has 0 unspecified atom stereocenters. The molecule has 2 rings (SSSR count). The molecule has 0 radical (unpaired) electrons. The molecule has 1 aliphatic rings. The van der Waals surface area contributed by atoms with Crippen molar-refractivity contribution >= 4 is 11.8 Å². The summed E-state index contributed by atoms with van der Waals surface area (Å²) in [5.41, 5.74) is -0.242. The van der Waals surface area contributed by atoms with Crippen LogP contribution in [-0.2, 0) is 4.74 Å². The van der Waals surface area contributed by atoms with E-state index in [0.29, 0.717) is 31.1 Å². The van der Waals surface area contributed by atoms with Gasteiger partial charge in [0.1, 0.15) is 11.4 Å². The zero-order valence-corrected chi connectivity index (χ0v) is 10.0. The largest absolute Gasteiger partial charge is 0.462 e. The van der Waals surface area contributed by atoms with Crippen LogP contribution >= 0.6 is 0 Å². The van der Waals surface area contributed by atoms with E-state index in [2.05, 4.69) is 4.98 Å². The van der Waals surface area contributed by atoms with Crippen LogP contribution in [0.2, 0.25) is 0 Å². The van der Waals surface area contributed by atoms with Crippen LogP contribution in [0.25, 0.3) is 0 Å². The van der Waals surface area contributed by atoms with Gasteiger partial charge in [0.05, 0.1) is 12.2 Å². The molecule has 1 aliphatic heterocycles. The van der Waals surface area contributed by atoms with Crippen molar-refractivity contribution in [1.82, 2.24) is 4.98 Å². The Labute approximate surface area is 100 Å². The average molecular weight is 236 g/mol. The number of esters is 1. The van der Waals surface area contributed by atoms with Gasteiger partial charge in [0.15, 0.2) is 0 Å². The van der Waals surface area contributed by atoms with E-state index in [1.165, 1.54) is 0 Å². The van der Waals surface area contributed by atoms with Gasteiger partial charge >= 0.3 is 5.97 Å². The van der Waals surface area contributed by atoms with Crippen molar-refractivity contribution in [2.45, 2.75) is 19.4 Å². The second-order valence-corrected chi connectivity index (χ2v) is 4.45. The van der Waals surface area contributed by atoms with E-state index < -0.39 is 5.60 Å². The van der Waals surface area contributed by atoms with Crippen LogP contribution in [0.3, 0.4) is 0 Å². The number of nitrogens with zero attached hydrogens (tertiary/aromatic N) is 2. The summed E-state index contributed by atoms with van der Waals surface area (Å²) >= 11 is 0. The highest BCUT2D eigenvalue weighted by molar-refractivity contribution is 5.95. The second kappa shape index (κ2) is 4.33. The van der Waals surface area contributed by atoms with Gasteiger partial charge in [0.25, 0.3) is 0 Å². The third kappa shape index (κ3) is 2.39. The zero-order chi connectivity index (χ0) is 12.5. The first-order chi connectivity index (χ1) is 8.03. The fourth-order valence-electron chi connectivity index (χ4n) is 1.94. The van der Waals surface area contributed by atoms with Gasteiger partial charge in [0.2, 0.25) is 0 Å². The Balaban J connectivity index is 2.20.